The number of pyridine rings is 1. The van der Waals surface area contributed by atoms with Crippen molar-refractivity contribution in [3.05, 3.63) is 30.1 Å². The highest BCUT2D eigenvalue weighted by Crippen LogP contribution is 2.24. The molecule has 6 nitrogen and oxygen atoms in total. The number of rotatable bonds is 6. The minimum Gasteiger partial charge on any atom is -0.351 e. The van der Waals surface area contributed by atoms with E-state index in [2.05, 4.69) is 10.3 Å². The highest BCUT2D eigenvalue weighted by Gasteiger charge is 2.30. The van der Waals surface area contributed by atoms with Crippen LogP contribution in [0.3, 0.4) is 0 Å². The molecule has 1 fully saturated rings. The molecule has 0 radical (unpaired) electrons. The topological polar surface area (TPSA) is 79.4 Å². The Morgan fingerprint density at radius 1 is 1.33 bits per heavy atom. The summed E-state index contributed by atoms with van der Waals surface area (Å²) in [6.45, 7) is 0.276. The molecular formula is C14H21N3O3S. The number of amides is 1. The molecule has 1 aromatic heterocycles. The van der Waals surface area contributed by atoms with Crippen molar-refractivity contribution in [3.8, 4) is 0 Å². The van der Waals surface area contributed by atoms with Gasteiger partial charge >= 0.3 is 0 Å². The minimum atomic E-state index is -3.36. The molecule has 0 unspecified atom stereocenters. The van der Waals surface area contributed by atoms with E-state index in [1.165, 1.54) is 10.6 Å². The highest BCUT2D eigenvalue weighted by molar-refractivity contribution is 7.88. The molecule has 0 bridgehead atoms. The Morgan fingerprint density at radius 2 is 1.95 bits per heavy atom. The smallest absolute Gasteiger partial charge is 0.235 e. The molecule has 1 aromatic rings. The lowest BCUT2D eigenvalue weighted by Crippen LogP contribution is -2.44. The maximum atomic E-state index is 12.0. The van der Waals surface area contributed by atoms with Crippen molar-refractivity contribution in [2.75, 3.05) is 12.8 Å². The number of hydrogen-bond acceptors (Lipinski definition) is 4. The molecule has 1 saturated carbocycles. The molecule has 0 saturated heterocycles. The first-order chi connectivity index (χ1) is 9.97. The molecule has 1 heterocycles. The van der Waals surface area contributed by atoms with Crippen LogP contribution < -0.4 is 5.32 Å². The van der Waals surface area contributed by atoms with Gasteiger partial charge in [-0.05, 0) is 30.5 Å². The second-order valence-corrected chi connectivity index (χ2v) is 7.31. The van der Waals surface area contributed by atoms with E-state index in [-0.39, 0.29) is 18.5 Å². The van der Waals surface area contributed by atoms with Crippen molar-refractivity contribution in [2.24, 2.45) is 0 Å². The van der Waals surface area contributed by atoms with Crippen molar-refractivity contribution < 1.29 is 13.2 Å². The van der Waals surface area contributed by atoms with E-state index < -0.39 is 10.0 Å². The first kappa shape index (κ1) is 15.9. The molecule has 0 aliphatic heterocycles. The Morgan fingerprint density at radius 3 is 2.52 bits per heavy atom. The second-order valence-electron chi connectivity index (χ2n) is 5.38. The zero-order valence-corrected chi connectivity index (χ0v) is 13.0. The van der Waals surface area contributed by atoms with Crippen LogP contribution in [0.2, 0.25) is 0 Å². The molecule has 0 atom stereocenters. The monoisotopic (exact) mass is 311 g/mol. The largest absolute Gasteiger partial charge is 0.351 e. The van der Waals surface area contributed by atoms with Gasteiger partial charge in [0.25, 0.3) is 0 Å². The summed E-state index contributed by atoms with van der Waals surface area (Å²) in [5, 5.41) is 2.75. The third-order valence-electron chi connectivity index (χ3n) is 3.70. The number of carbonyl (C=O) groups excluding carboxylic acids is 1. The average molecular weight is 311 g/mol. The first-order valence-electron chi connectivity index (χ1n) is 7.09. The number of aromatic nitrogens is 1. The van der Waals surface area contributed by atoms with Gasteiger partial charge < -0.3 is 5.32 Å². The molecule has 21 heavy (non-hydrogen) atoms. The van der Waals surface area contributed by atoms with Gasteiger partial charge in [0.1, 0.15) is 0 Å². The summed E-state index contributed by atoms with van der Waals surface area (Å²) in [5.41, 5.74) is 0.935. The van der Waals surface area contributed by atoms with Crippen LogP contribution in [-0.2, 0) is 21.4 Å². The molecule has 7 heteroatoms. The van der Waals surface area contributed by atoms with Crippen LogP contribution in [0.15, 0.2) is 24.5 Å². The van der Waals surface area contributed by atoms with Crippen molar-refractivity contribution in [3.63, 3.8) is 0 Å². The van der Waals surface area contributed by atoms with Gasteiger partial charge in [-0.2, -0.15) is 4.31 Å². The SMILES string of the molecule is CS(=O)(=O)N(CC(=O)NCc1ccncc1)C1CCCC1. The normalized spacial score (nSPS) is 16.3. The third kappa shape index (κ3) is 4.78. The van der Waals surface area contributed by atoms with Crippen LogP contribution in [0, 0.1) is 0 Å². The first-order valence-corrected chi connectivity index (χ1v) is 8.94. The third-order valence-corrected chi connectivity index (χ3v) is 4.98. The van der Waals surface area contributed by atoms with Crippen LogP contribution in [0.5, 0.6) is 0 Å². The summed E-state index contributed by atoms with van der Waals surface area (Å²) in [6.07, 6.45) is 8.20. The predicted molar refractivity (Wildman–Crippen MR) is 79.9 cm³/mol. The fraction of sp³-hybridized carbons (Fsp3) is 0.571. The van der Waals surface area contributed by atoms with Gasteiger partial charge in [-0.3, -0.25) is 9.78 Å². The van der Waals surface area contributed by atoms with Gasteiger partial charge in [-0.1, -0.05) is 12.8 Å². The van der Waals surface area contributed by atoms with Gasteiger partial charge in [0.15, 0.2) is 0 Å². The Kier molecular flexibility index (Phi) is 5.30. The van der Waals surface area contributed by atoms with Crippen LogP contribution in [0.25, 0.3) is 0 Å². The summed E-state index contributed by atoms with van der Waals surface area (Å²) < 4.78 is 25.1. The maximum Gasteiger partial charge on any atom is 0.235 e. The van der Waals surface area contributed by atoms with E-state index in [0.29, 0.717) is 6.54 Å². The van der Waals surface area contributed by atoms with Gasteiger partial charge in [0, 0.05) is 25.0 Å². The van der Waals surface area contributed by atoms with Crippen LogP contribution in [0.1, 0.15) is 31.2 Å². The molecule has 116 valence electrons. The van der Waals surface area contributed by atoms with Crippen LogP contribution in [0.4, 0.5) is 0 Å². The van der Waals surface area contributed by atoms with Crippen LogP contribution in [-0.4, -0.2) is 42.5 Å². The molecule has 1 aliphatic rings. The zero-order valence-electron chi connectivity index (χ0n) is 12.2. The highest BCUT2D eigenvalue weighted by atomic mass is 32.2. The molecule has 1 N–H and O–H groups in total. The van der Waals surface area contributed by atoms with E-state index in [1.807, 2.05) is 12.1 Å². The predicted octanol–water partition coefficient (Wildman–Crippen LogP) is 0.902. The molecule has 1 aliphatic carbocycles. The van der Waals surface area contributed by atoms with E-state index in [9.17, 15) is 13.2 Å². The second kappa shape index (κ2) is 7.00. The average Bonchev–Trinajstić information content (AvgIpc) is 2.96. The summed E-state index contributed by atoms with van der Waals surface area (Å²) >= 11 is 0. The van der Waals surface area contributed by atoms with Crippen molar-refractivity contribution in [1.29, 1.82) is 0 Å². The standard InChI is InChI=1S/C14H21N3O3S/c1-21(19,20)17(13-4-2-3-5-13)11-14(18)16-10-12-6-8-15-9-7-12/h6-9,13H,2-5,10-11H2,1H3,(H,16,18). The molecular weight excluding hydrogens is 290 g/mol. The summed E-state index contributed by atoms with van der Waals surface area (Å²) in [5.74, 6) is -0.274. The Labute approximate surface area is 125 Å². The van der Waals surface area contributed by atoms with Gasteiger partial charge in [0.05, 0.1) is 12.8 Å². The number of carbonyl (C=O) groups is 1. The van der Waals surface area contributed by atoms with Crippen molar-refractivity contribution >= 4 is 15.9 Å². The number of sulfonamides is 1. The molecule has 2 rings (SSSR count). The minimum absolute atomic E-state index is 0.0355. The molecule has 0 aromatic carbocycles. The van der Waals surface area contributed by atoms with E-state index in [0.717, 1.165) is 31.2 Å². The van der Waals surface area contributed by atoms with Gasteiger partial charge in [-0.15, -0.1) is 0 Å². The Bertz CT molecular complexity index is 568. The Hall–Kier alpha value is -1.47. The summed E-state index contributed by atoms with van der Waals surface area (Å²) in [4.78, 5) is 15.9. The zero-order chi connectivity index (χ0) is 15.3. The molecule has 1 amide bonds. The fourth-order valence-corrected chi connectivity index (χ4v) is 3.71. The van der Waals surface area contributed by atoms with Gasteiger partial charge in [0.2, 0.25) is 15.9 Å². The lowest BCUT2D eigenvalue weighted by atomic mass is 10.2. The number of nitrogens with zero attached hydrogens (tertiary/aromatic N) is 2. The van der Waals surface area contributed by atoms with E-state index in [4.69, 9.17) is 0 Å². The lowest BCUT2D eigenvalue weighted by Gasteiger charge is -2.25. The summed E-state index contributed by atoms with van der Waals surface area (Å²) in [7, 11) is -3.36. The summed E-state index contributed by atoms with van der Waals surface area (Å²) in [6, 6.07) is 3.59. The van der Waals surface area contributed by atoms with E-state index >= 15 is 0 Å². The van der Waals surface area contributed by atoms with Crippen molar-refractivity contribution in [2.45, 2.75) is 38.3 Å². The number of hydrogen-bond donors (Lipinski definition) is 1. The quantitative estimate of drug-likeness (QED) is 0.846. The Balaban J connectivity index is 1.92. The maximum absolute atomic E-state index is 12.0. The van der Waals surface area contributed by atoms with E-state index in [1.54, 1.807) is 12.4 Å². The van der Waals surface area contributed by atoms with Gasteiger partial charge in [-0.25, -0.2) is 8.42 Å². The molecule has 0 spiro atoms. The van der Waals surface area contributed by atoms with Crippen molar-refractivity contribution in [1.82, 2.24) is 14.6 Å². The number of nitrogens with one attached hydrogen (secondary N) is 1. The fourth-order valence-electron chi connectivity index (χ4n) is 2.61. The lowest BCUT2D eigenvalue weighted by molar-refractivity contribution is -0.121. The van der Waals surface area contributed by atoms with Crippen LogP contribution >= 0.6 is 0 Å².